The highest BCUT2D eigenvalue weighted by molar-refractivity contribution is 7.89. The van der Waals surface area contributed by atoms with Gasteiger partial charge in [0.2, 0.25) is 10.0 Å². The number of benzene rings is 1. The molecule has 6 nitrogen and oxygen atoms in total. The van der Waals surface area contributed by atoms with Crippen LogP contribution in [0.2, 0.25) is 0 Å². The molecule has 0 radical (unpaired) electrons. The number of ether oxygens (including phenoxy) is 1. The predicted molar refractivity (Wildman–Crippen MR) is 107 cm³/mol. The highest BCUT2D eigenvalue weighted by Crippen LogP contribution is 2.17. The molecule has 2 rings (SSSR count). The quantitative estimate of drug-likeness (QED) is 0.615. The van der Waals surface area contributed by atoms with Crippen molar-refractivity contribution in [3.63, 3.8) is 0 Å². The van der Waals surface area contributed by atoms with Crippen molar-refractivity contribution < 1.29 is 13.2 Å². The number of sulfonamides is 1. The molecule has 1 aromatic carbocycles. The Hall–Kier alpha value is -2.12. The van der Waals surface area contributed by atoms with Gasteiger partial charge < -0.3 is 9.30 Å². The highest BCUT2D eigenvalue weighted by atomic mass is 32.2. The first-order valence-electron chi connectivity index (χ1n) is 9.20. The zero-order chi connectivity index (χ0) is 20.0. The number of aromatic nitrogens is 1. The number of nitrogens with zero attached hydrogens (tertiary/aromatic N) is 2. The Morgan fingerprint density at radius 3 is 2.37 bits per heavy atom. The van der Waals surface area contributed by atoms with Crippen LogP contribution in [0.5, 0.6) is 5.75 Å². The number of pyridine rings is 1. The minimum Gasteiger partial charge on any atom is -0.494 e. The lowest BCUT2D eigenvalue weighted by molar-refractivity contribution is 0.300. The van der Waals surface area contributed by atoms with Gasteiger partial charge in [0.05, 0.1) is 11.5 Å². The van der Waals surface area contributed by atoms with Crippen LogP contribution in [0.4, 0.5) is 0 Å². The van der Waals surface area contributed by atoms with E-state index in [1.807, 2.05) is 32.0 Å². The minimum absolute atomic E-state index is 0.140. The molecule has 0 fully saturated rings. The molecular weight excluding hydrogens is 364 g/mol. The van der Waals surface area contributed by atoms with E-state index in [-0.39, 0.29) is 10.5 Å². The van der Waals surface area contributed by atoms with E-state index in [9.17, 15) is 13.2 Å². The summed E-state index contributed by atoms with van der Waals surface area (Å²) >= 11 is 0. The standard InChI is InChI=1S/C20H28N2O4S/c1-5-22(6-2)27(24,25)19-10-11-20(23)21(15-19)12-7-13-26-18-9-8-16(3)17(4)14-18/h8-11,14-15H,5-7,12-13H2,1-4H3. The van der Waals surface area contributed by atoms with Crippen LogP contribution in [0.1, 0.15) is 31.4 Å². The Morgan fingerprint density at radius 2 is 1.74 bits per heavy atom. The van der Waals surface area contributed by atoms with E-state index >= 15 is 0 Å². The summed E-state index contributed by atoms with van der Waals surface area (Å²) in [6.07, 6.45) is 2.02. The summed E-state index contributed by atoms with van der Waals surface area (Å²) in [5.74, 6) is 0.795. The second-order valence-electron chi connectivity index (χ2n) is 6.43. The van der Waals surface area contributed by atoms with Gasteiger partial charge in [0, 0.05) is 31.9 Å². The van der Waals surface area contributed by atoms with Crippen molar-refractivity contribution >= 4 is 10.0 Å². The third-order valence-corrected chi connectivity index (χ3v) is 6.62. The minimum atomic E-state index is -3.58. The SMILES string of the molecule is CCN(CC)S(=O)(=O)c1ccc(=O)n(CCCOc2ccc(C)c(C)c2)c1. The molecule has 0 spiro atoms. The second-order valence-corrected chi connectivity index (χ2v) is 8.37. The Labute approximate surface area is 161 Å². The fourth-order valence-corrected chi connectivity index (χ4v) is 4.26. The van der Waals surface area contributed by atoms with E-state index in [0.717, 1.165) is 11.3 Å². The molecular formula is C20H28N2O4S. The molecule has 0 aliphatic carbocycles. The Bertz CT molecular complexity index is 931. The van der Waals surface area contributed by atoms with Crippen molar-refractivity contribution in [1.82, 2.24) is 8.87 Å². The summed E-state index contributed by atoms with van der Waals surface area (Å²) in [7, 11) is -3.58. The number of hydrogen-bond acceptors (Lipinski definition) is 4. The van der Waals surface area contributed by atoms with Crippen LogP contribution in [0, 0.1) is 13.8 Å². The molecule has 0 aliphatic rings. The molecule has 27 heavy (non-hydrogen) atoms. The molecule has 0 saturated carbocycles. The predicted octanol–water partition coefficient (Wildman–Crippen LogP) is 2.96. The van der Waals surface area contributed by atoms with E-state index in [1.54, 1.807) is 13.8 Å². The molecule has 1 heterocycles. The van der Waals surface area contributed by atoms with Gasteiger partial charge in [-0.1, -0.05) is 19.9 Å². The van der Waals surface area contributed by atoms with Crippen LogP contribution in [-0.2, 0) is 16.6 Å². The van der Waals surface area contributed by atoms with Crippen LogP contribution in [0.15, 0.2) is 46.2 Å². The largest absolute Gasteiger partial charge is 0.494 e. The number of rotatable bonds is 9. The third kappa shape index (κ3) is 5.20. The van der Waals surface area contributed by atoms with E-state index < -0.39 is 10.0 Å². The summed E-state index contributed by atoms with van der Waals surface area (Å²) in [6.45, 7) is 9.29. The third-order valence-electron chi connectivity index (χ3n) is 4.59. The first kappa shape index (κ1) is 21.2. The second kappa shape index (κ2) is 9.19. The lowest BCUT2D eigenvalue weighted by Crippen LogP contribution is -2.32. The lowest BCUT2D eigenvalue weighted by atomic mass is 10.1. The van der Waals surface area contributed by atoms with Crippen LogP contribution >= 0.6 is 0 Å². The molecule has 0 bridgehead atoms. The van der Waals surface area contributed by atoms with Crippen molar-refractivity contribution in [3.8, 4) is 5.75 Å². The summed E-state index contributed by atoms with van der Waals surface area (Å²) in [6, 6.07) is 8.60. The van der Waals surface area contributed by atoms with Crippen LogP contribution in [0.3, 0.4) is 0 Å². The van der Waals surface area contributed by atoms with Crippen molar-refractivity contribution in [2.24, 2.45) is 0 Å². The molecule has 0 atom stereocenters. The van der Waals surface area contributed by atoms with Crippen LogP contribution in [-0.4, -0.2) is 37.0 Å². The van der Waals surface area contributed by atoms with Crippen molar-refractivity contribution in [2.75, 3.05) is 19.7 Å². The molecule has 148 valence electrons. The maximum absolute atomic E-state index is 12.6. The topological polar surface area (TPSA) is 68.6 Å². The molecule has 2 aromatic rings. The summed E-state index contributed by atoms with van der Waals surface area (Å²) in [4.78, 5) is 12.2. The zero-order valence-corrected chi connectivity index (χ0v) is 17.3. The average molecular weight is 393 g/mol. The molecule has 0 unspecified atom stereocenters. The highest BCUT2D eigenvalue weighted by Gasteiger charge is 2.22. The van der Waals surface area contributed by atoms with Gasteiger partial charge in [-0.15, -0.1) is 0 Å². The van der Waals surface area contributed by atoms with Gasteiger partial charge in [-0.3, -0.25) is 4.79 Å². The zero-order valence-electron chi connectivity index (χ0n) is 16.4. The van der Waals surface area contributed by atoms with E-state index in [0.29, 0.717) is 32.7 Å². The van der Waals surface area contributed by atoms with Crippen molar-refractivity contribution in [3.05, 3.63) is 58.0 Å². The first-order valence-corrected chi connectivity index (χ1v) is 10.6. The van der Waals surface area contributed by atoms with Gasteiger partial charge in [0.1, 0.15) is 5.75 Å². The smallest absolute Gasteiger partial charge is 0.250 e. The van der Waals surface area contributed by atoms with E-state index in [2.05, 4.69) is 0 Å². The van der Waals surface area contributed by atoms with E-state index in [4.69, 9.17) is 4.74 Å². The fourth-order valence-electron chi connectivity index (χ4n) is 2.78. The van der Waals surface area contributed by atoms with Crippen molar-refractivity contribution in [1.29, 1.82) is 0 Å². The number of hydrogen-bond donors (Lipinski definition) is 0. The van der Waals surface area contributed by atoms with Gasteiger partial charge in [0.15, 0.2) is 0 Å². The maximum atomic E-state index is 12.6. The Morgan fingerprint density at radius 1 is 1.04 bits per heavy atom. The number of aryl methyl sites for hydroxylation is 3. The summed E-state index contributed by atoms with van der Waals surface area (Å²) in [5, 5.41) is 0. The average Bonchev–Trinajstić information content (AvgIpc) is 2.63. The van der Waals surface area contributed by atoms with Gasteiger partial charge >= 0.3 is 0 Å². The molecule has 0 amide bonds. The first-order chi connectivity index (χ1) is 12.8. The normalized spacial score (nSPS) is 11.7. The Kier molecular flexibility index (Phi) is 7.21. The molecule has 1 aromatic heterocycles. The summed E-state index contributed by atoms with van der Waals surface area (Å²) in [5.41, 5.74) is 2.15. The lowest BCUT2D eigenvalue weighted by Gasteiger charge is -2.19. The van der Waals surface area contributed by atoms with Gasteiger partial charge in [0.25, 0.3) is 5.56 Å². The fraction of sp³-hybridized carbons (Fsp3) is 0.450. The monoisotopic (exact) mass is 392 g/mol. The van der Waals surface area contributed by atoms with Crippen LogP contribution in [0.25, 0.3) is 0 Å². The van der Waals surface area contributed by atoms with Gasteiger partial charge in [-0.05, 0) is 49.6 Å². The summed E-state index contributed by atoms with van der Waals surface area (Å²) < 4.78 is 33.8. The molecule has 0 aliphatic heterocycles. The van der Waals surface area contributed by atoms with Gasteiger partial charge in [-0.25, -0.2) is 8.42 Å². The van der Waals surface area contributed by atoms with Crippen LogP contribution < -0.4 is 10.3 Å². The maximum Gasteiger partial charge on any atom is 0.250 e. The molecule has 0 N–H and O–H groups in total. The van der Waals surface area contributed by atoms with E-state index in [1.165, 1.54) is 32.8 Å². The molecule has 0 saturated heterocycles. The molecule has 7 heteroatoms. The Balaban J connectivity index is 2.04. The van der Waals surface area contributed by atoms with Crippen molar-refractivity contribution in [2.45, 2.75) is 45.6 Å². The van der Waals surface area contributed by atoms with Gasteiger partial charge in [-0.2, -0.15) is 4.31 Å².